The van der Waals surface area contributed by atoms with Crippen molar-refractivity contribution in [2.24, 2.45) is 0 Å². The molecule has 0 radical (unpaired) electrons. The normalized spacial score (nSPS) is 20.0. The predicted octanol–water partition coefficient (Wildman–Crippen LogP) is 2.29. The van der Waals surface area contributed by atoms with Gasteiger partial charge in [0.15, 0.2) is 0 Å². The summed E-state index contributed by atoms with van der Waals surface area (Å²) in [5, 5.41) is 3.15. The van der Waals surface area contributed by atoms with Gasteiger partial charge in [-0.3, -0.25) is 4.90 Å². The van der Waals surface area contributed by atoms with E-state index in [9.17, 15) is 9.59 Å². The van der Waals surface area contributed by atoms with Crippen molar-refractivity contribution >= 4 is 12.1 Å². The van der Waals surface area contributed by atoms with Crippen molar-refractivity contribution in [3.8, 4) is 0 Å². The first-order valence-corrected chi connectivity index (χ1v) is 9.54. The van der Waals surface area contributed by atoms with Crippen LogP contribution in [0.4, 0.5) is 9.59 Å². The quantitative estimate of drug-likeness (QED) is 0.779. The van der Waals surface area contributed by atoms with Gasteiger partial charge >= 0.3 is 12.1 Å². The van der Waals surface area contributed by atoms with Gasteiger partial charge < -0.3 is 19.9 Å². The van der Waals surface area contributed by atoms with Crippen LogP contribution in [0.25, 0.3) is 0 Å². The SMILES string of the molecule is C=C(C)CN1CCC(NC(=O)N2CCN(C(=O)OC(C)(C)C)CC2)CC1. The van der Waals surface area contributed by atoms with E-state index in [-0.39, 0.29) is 18.2 Å². The number of amides is 3. The van der Waals surface area contributed by atoms with E-state index < -0.39 is 5.60 Å². The zero-order valence-corrected chi connectivity index (χ0v) is 16.7. The van der Waals surface area contributed by atoms with Gasteiger partial charge in [0.2, 0.25) is 0 Å². The van der Waals surface area contributed by atoms with Gasteiger partial charge in [-0.15, -0.1) is 0 Å². The fraction of sp³-hybridized carbons (Fsp3) is 0.789. The summed E-state index contributed by atoms with van der Waals surface area (Å²) in [4.78, 5) is 30.4. The summed E-state index contributed by atoms with van der Waals surface area (Å²) >= 11 is 0. The van der Waals surface area contributed by atoms with Crippen LogP contribution in [0, 0.1) is 0 Å². The molecular weight excluding hydrogens is 332 g/mol. The Morgan fingerprint density at radius 2 is 1.58 bits per heavy atom. The number of hydrogen-bond acceptors (Lipinski definition) is 4. The Hall–Kier alpha value is -1.76. The van der Waals surface area contributed by atoms with E-state index in [1.165, 1.54) is 5.57 Å². The lowest BCUT2D eigenvalue weighted by molar-refractivity contribution is 0.0168. The first-order chi connectivity index (χ1) is 12.1. The number of piperazine rings is 1. The maximum Gasteiger partial charge on any atom is 0.410 e. The molecule has 7 nitrogen and oxygen atoms in total. The number of carbonyl (C=O) groups is 2. The topological polar surface area (TPSA) is 65.1 Å². The van der Waals surface area contributed by atoms with Gasteiger partial charge in [-0.05, 0) is 40.5 Å². The highest BCUT2D eigenvalue weighted by molar-refractivity contribution is 5.75. The molecule has 148 valence electrons. The maximum atomic E-state index is 12.5. The van der Waals surface area contributed by atoms with Crippen molar-refractivity contribution in [2.45, 2.75) is 52.2 Å². The van der Waals surface area contributed by atoms with Crippen LogP contribution >= 0.6 is 0 Å². The molecule has 0 aromatic carbocycles. The van der Waals surface area contributed by atoms with Crippen molar-refractivity contribution in [1.82, 2.24) is 20.0 Å². The van der Waals surface area contributed by atoms with Crippen LogP contribution in [0.5, 0.6) is 0 Å². The van der Waals surface area contributed by atoms with Gasteiger partial charge in [-0.2, -0.15) is 0 Å². The largest absolute Gasteiger partial charge is 0.444 e. The third-order valence-corrected chi connectivity index (χ3v) is 4.63. The lowest BCUT2D eigenvalue weighted by atomic mass is 10.0. The van der Waals surface area contributed by atoms with Crippen LogP contribution in [-0.2, 0) is 4.74 Å². The Morgan fingerprint density at radius 3 is 2.08 bits per heavy atom. The van der Waals surface area contributed by atoms with Crippen LogP contribution in [0.3, 0.4) is 0 Å². The lowest BCUT2D eigenvalue weighted by Gasteiger charge is -2.37. The molecule has 0 saturated carbocycles. The molecule has 0 atom stereocenters. The highest BCUT2D eigenvalue weighted by Crippen LogP contribution is 2.14. The molecule has 26 heavy (non-hydrogen) atoms. The van der Waals surface area contributed by atoms with Crippen LogP contribution < -0.4 is 5.32 Å². The molecule has 2 heterocycles. The average molecular weight is 367 g/mol. The molecule has 0 aromatic rings. The molecule has 0 aromatic heterocycles. The zero-order valence-electron chi connectivity index (χ0n) is 16.7. The van der Waals surface area contributed by atoms with Gasteiger partial charge in [-0.25, -0.2) is 9.59 Å². The van der Waals surface area contributed by atoms with Gasteiger partial charge in [0, 0.05) is 51.9 Å². The lowest BCUT2D eigenvalue weighted by Crippen LogP contribution is -2.56. The number of likely N-dealkylation sites (tertiary alicyclic amines) is 1. The van der Waals surface area contributed by atoms with Crippen molar-refractivity contribution in [3.05, 3.63) is 12.2 Å². The van der Waals surface area contributed by atoms with E-state index >= 15 is 0 Å². The van der Waals surface area contributed by atoms with Crippen molar-refractivity contribution in [2.75, 3.05) is 45.8 Å². The van der Waals surface area contributed by atoms with Crippen molar-refractivity contribution in [1.29, 1.82) is 0 Å². The minimum atomic E-state index is -0.495. The van der Waals surface area contributed by atoms with Crippen LogP contribution in [0.2, 0.25) is 0 Å². The van der Waals surface area contributed by atoms with E-state index in [0.29, 0.717) is 26.2 Å². The number of hydrogen-bond donors (Lipinski definition) is 1. The summed E-state index contributed by atoms with van der Waals surface area (Å²) in [6.45, 7) is 16.6. The first-order valence-electron chi connectivity index (χ1n) is 9.54. The fourth-order valence-corrected chi connectivity index (χ4v) is 3.30. The van der Waals surface area contributed by atoms with E-state index in [0.717, 1.165) is 32.5 Å². The Labute approximate surface area is 157 Å². The number of nitrogens with zero attached hydrogens (tertiary/aromatic N) is 3. The fourth-order valence-electron chi connectivity index (χ4n) is 3.30. The molecule has 2 saturated heterocycles. The van der Waals surface area contributed by atoms with Crippen LogP contribution in [0.1, 0.15) is 40.5 Å². The molecular formula is C19H34N4O3. The Kier molecular flexibility index (Phi) is 6.92. The first kappa shape index (κ1) is 20.6. The third kappa shape index (κ3) is 6.52. The Morgan fingerprint density at radius 1 is 1.04 bits per heavy atom. The minimum absolute atomic E-state index is 0.0211. The highest BCUT2D eigenvalue weighted by Gasteiger charge is 2.29. The zero-order chi connectivity index (χ0) is 19.3. The molecule has 3 amide bonds. The summed E-state index contributed by atoms with van der Waals surface area (Å²) in [6, 6.07) is 0.208. The van der Waals surface area contributed by atoms with E-state index in [2.05, 4.69) is 16.8 Å². The molecule has 2 aliphatic rings. The number of urea groups is 1. The molecule has 2 aliphatic heterocycles. The van der Waals surface area contributed by atoms with E-state index in [1.807, 2.05) is 27.7 Å². The van der Waals surface area contributed by atoms with Gasteiger partial charge in [-0.1, -0.05) is 12.2 Å². The molecule has 2 fully saturated rings. The molecule has 1 N–H and O–H groups in total. The molecule has 0 spiro atoms. The monoisotopic (exact) mass is 366 g/mol. The molecule has 0 bridgehead atoms. The number of piperidine rings is 1. The van der Waals surface area contributed by atoms with E-state index in [1.54, 1.807) is 9.80 Å². The smallest absolute Gasteiger partial charge is 0.410 e. The minimum Gasteiger partial charge on any atom is -0.444 e. The number of nitrogens with one attached hydrogen (secondary N) is 1. The van der Waals surface area contributed by atoms with Gasteiger partial charge in [0.25, 0.3) is 0 Å². The summed E-state index contributed by atoms with van der Waals surface area (Å²) in [7, 11) is 0. The summed E-state index contributed by atoms with van der Waals surface area (Å²) < 4.78 is 5.39. The van der Waals surface area contributed by atoms with Gasteiger partial charge in [0.05, 0.1) is 0 Å². The van der Waals surface area contributed by atoms with Crippen LogP contribution in [-0.4, -0.2) is 84.3 Å². The number of carbonyl (C=O) groups excluding carboxylic acids is 2. The molecule has 0 aliphatic carbocycles. The second-order valence-corrected chi connectivity index (χ2v) is 8.41. The molecule has 0 unspecified atom stereocenters. The maximum absolute atomic E-state index is 12.5. The third-order valence-electron chi connectivity index (χ3n) is 4.63. The van der Waals surface area contributed by atoms with Gasteiger partial charge in [0.1, 0.15) is 5.60 Å². The summed E-state index contributed by atoms with van der Waals surface area (Å²) in [5.74, 6) is 0. The average Bonchev–Trinajstić information content (AvgIpc) is 2.55. The Balaban J connectivity index is 1.70. The predicted molar refractivity (Wildman–Crippen MR) is 102 cm³/mol. The van der Waals surface area contributed by atoms with Crippen molar-refractivity contribution in [3.63, 3.8) is 0 Å². The number of rotatable bonds is 3. The van der Waals surface area contributed by atoms with E-state index in [4.69, 9.17) is 4.74 Å². The van der Waals surface area contributed by atoms with Crippen molar-refractivity contribution < 1.29 is 14.3 Å². The Bertz CT molecular complexity index is 513. The second kappa shape index (κ2) is 8.75. The second-order valence-electron chi connectivity index (χ2n) is 8.41. The van der Waals surface area contributed by atoms with Crippen LogP contribution in [0.15, 0.2) is 12.2 Å². The molecule has 2 rings (SSSR count). The standard InChI is InChI=1S/C19H34N4O3/c1-15(2)14-21-8-6-16(7-9-21)20-17(24)22-10-12-23(13-11-22)18(25)26-19(3,4)5/h16H,1,6-14H2,2-5H3,(H,20,24). The highest BCUT2D eigenvalue weighted by atomic mass is 16.6. The number of ether oxygens (including phenoxy) is 1. The summed E-state index contributed by atoms with van der Waals surface area (Å²) in [6.07, 6.45) is 1.63. The summed E-state index contributed by atoms with van der Waals surface area (Å²) in [5.41, 5.74) is 0.681. The molecule has 7 heteroatoms.